The van der Waals surface area contributed by atoms with Gasteiger partial charge in [0.1, 0.15) is 5.75 Å². The van der Waals surface area contributed by atoms with Gasteiger partial charge in [0.15, 0.2) is 0 Å². The first kappa shape index (κ1) is 13.1. The molecule has 0 aliphatic heterocycles. The van der Waals surface area contributed by atoms with Gasteiger partial charge in [-0.1, -0.05) is 22.0 Å². The molecule has 2 nitrogen and oxygen atoms in total. The number of benzene rings is 1. The molecule has 0 aliphatic rings. The van der Waals surface area contributed by atoms with E-state index in [2.05, 4.69) is 22.0 Å². The Bertz CT molecular complexity index is 384. The first-order chi connectivity index (χ1) is 7.63. The van der Waals surface area contributed by atoms with E-state index in [1.807, 2.05) is 32.0 Å². The molecule has 0 heterocycles. The molecule has 3 heteroatoms. The monoisotopic (exact) mass is 281 g/mol. The lowest BCUT2D eigenvalue weighted by molar-refractivity contribution is 0.301. The van der Waals surface area contributed by atoms with Crippen molar-refractivity contribution < 1.29 is 4.74 Å². The second-order valence-electron chi connectivity index (χ2n) is 3.93. The highest BCUT2D eigenvalue weighted by molar-refractivity contribution is 9.10. The van der Waals surface area contributed by atoms with Crippen LogP contribution in [0.15, 0.2) is 22.7 Å². The number of hydrogen-bond donors (Lipinski definition) is 0. The van der Waals surface area contributed by atoms with E-state index in [-0.39, 0.29) is 5.92 Å². The highest BCUT2D eigenvalue weighted by atomic mass is 79.9. The Hall–Kier alpha value is -1.01. The Labute approximate surface area is 105 Å². The van der Waals surface area contributed by atoms with Gasteiger partial charge in [-0.05, 0) is 44.4 Å². The van der Waals surface area contributed by atoms with E-state index >= 15 is 0 Å². The van der Waals surface area contributed by atoms with Crippen molar-refractivity contribution in [3.63, 3.8) is 0 Å². The van der Waals surface area contributed by atoms with E-state index in [1.54, 1.807) is 0 Å². The number of nitrogens with zero attached hydrogens (tertiary/aromatic N) is 1. The Morgan fingerprint density at radius 1 is 1.50 bits per heavy atom. The van der Waals surface area contributed by atoms with Crippen molar-refractivity contribution in [2.75, 3.05) is 6.61 Å². The van der Waals surface area contributed by atoms with Gasteiger partial charge in [0.05, 0.1) is 12.7 Å². The Morgan fingerprint density at radius 2 is 2.25 bits per heavy atom. The lowest BCUT2D eigenvalue weighted by Gasteiger charge is -2.08. The molecule has 0 aliphatic carbocycles. The zero-order valence-electron chi connectivity index (χ0n) is 9.66. The van der Waals surface area contributed by atoms with E-state index in [0.717, 1.165) is 23.1 Å². The van der Waals surface area contributed by atoms with Crippen LogP contribution in [-0.4, -0.2) is 6.61 Å². The topological polar surface area (TPSA) is 33.0 Å². The predicted octanol–water partition coefficient (Wildman–Crippen LogP) is 4.08. The number of rotatable bonds is 5. The van der Waals surface area contributed by atoms with Gasteiger partial charge < -0.3 is 4.74 Å². The van der Waals surface area contributed by atoms with Crippen molar-refractivity contribution in [1.29, 1.82) is 5.26 Å². The van der Waals surface area contributed by atoms with Gasteiger partial charge >= 0.3 is 0 Å². The van der Waals surface area contributed by atoms with E-state index < -0.39 is 0 Å². The summed E-state index contributed by atoms with van der Waals surface area (Å²) in [6.07, 6.45) is 1.81. The molecular formula is C13H16BrNO. The third-order valence-corrected chi connectivity index (χ3v) is 3.27. The van der Waals surface area contributed by atoms with Gasteiger partial charge in [-0.3, -0.25) is 0 Å². The quantitative estimate of drug-likeness (QED) is 0.762. The minimum atomic E-state index is 0.119. The van der Waals surface area contributed by atoms with Crippen LogP contribution in [0.2, 0.25) is 0 Å². The summed E-state index contributed by atoms with van der Waals surface area (Å²) in [5.41, 5.74) is 1.20. The molecule has 0 amide bonds. The maximum atomic E-state index is 8.62. The molecule has 1 unspecified atom stereocenters. The van der Waals surface area contributed by atoms with E-state index in [1.165, 1.54) is 5.56 Å². The lowest BCUT2D eigenvalue weighted by Crippen LogP contribution is -2.00. The van der Waals surface area contributed by atoms with E-state index in [9.17, 15) is 0 Å². The normalized spacial score (nSPS) is 11.9. The lowest BCUT2D eigenvalue weighted by atomic mass is 10.1. The Morgan fingerprint density at radius 3 is 2.88 bits per heavy atom. The van der Waals surface area contributed by atoms with Gasteiger partial charge in [-0.25, -0.2) is 0 Å². The molecule has 1 aromatic carbocycles. The molecule has 0 bridgehead atoms. The van der Waals surface area contributed by atoms with Crippen molar-refractivity contribution in [2.24, 2.45) is 5.92 Å². The molecule has 1 aromatic rings. The summed E-state index contributed by atoms with van der Waals surface area (Å²) in [5.74, 6) is 0.996. The van der Waals surface area contributed by atoms with Crippen molar-refractivity contribution >= 4 is 15.9 Å². The van der Waals surface area contributed by atoms with Crippen LogP contribution in [0.25, 0.3) is 0 Å². The maximum absolute atomic E-state index is 8.62. The number of halogens is 1. The van der Waals surface area contributed by atoms with Gasteiger partial charge in [-0.15, -0.1) is 0 Å². The summed E-state index contributed by atoms with van der Waals surface area (Å²) in [6, 6.07) is 8.18. The summed E-state index contributed by atoms with van der Waals surface area (Å²) < 4.78 is 6.66. The molecule has 0 radical (unpaired) electrons. The van der Waals surface area contributed by atoms with Crippen LogP contribution in [0.5, 0.6) is 5.75 Å². The van der Waals surface area contributed by atoms with Gasteiger partial charge in [0, 0.05) is 10.4 Å². The average molecular weight is 282 g/mol. The molecular weight excluding hydrogens is 266 g/mol. The van der Waals surface area contributed by atoms with E-state index in [4.69, 9.17) is 10.00 Å². The second-order valence-corrected chi connectivity index (χ2v) is 4.79. The van der Waals surface area contributed by atoms with Crippen LogP contribution in [0.1, 0.15) is 25.3 Å². The number of hydrogen-bond acceptors (Lipinski definition) is 2. The van der Waals surface area contributed by atoms with Crippen LogP contribution in [0.3, 0.4) is 0 Å². The molecule has 1 atom stereocenters. The highest BCUT2D eigenvalue weighted by Crippen LogP contribution is 2.22. The fourth-order valence-corrected chi connectivity index (χ4v) is 1.67. The summed E-state index contributed by atoms with van der Waals surface area (Å²) >= 11 is 3.47. The molecule has 0 saturated heterocycles. The van der Waals surface area contributed by atoms with Crippen LogP contribution >= 0.6 is 15.9 Å². The summed E-state index contributed by atoms with van der Waals surface area (Å²) in [6.45, 7) is 4.65. The summed E-state index contributed by atoms with van der Waals surface area (Å²) in [7, 11) is 0. The maximum Gasteiger partial charge on any atom is 0.120 e. The molecule has 0 saturated carbocycles. The third kappa shape index (κ3) is 4.24. The van der Waals surface area contributed by atoms with Crippen molar-refractivity contribution in [1.82, 2.24) is 0 Å². The molecule has 86 valence electrons. The smallest absolute Gasteiger partial charge is 0.120 e. The summed E-state index contributed by atoms with van der Waals surface area (Å²) in [4.78, 5) is 0. The molecule has 0 spiro atoms. The van der Waals surface area contributed by atoms with Crippen LogP contribution in [0.4, 0.5) is 0 Å². The van der Waals surface area contributed by atoms with Crippen LogP contribution < -0.4 is 4.74 Å². The van der Waals surface area contributed by atoms with Gasteiger partial charge in [0.2, 0.25) is 0 Å². The third-order valence-electron chi connectivity index (χ3n) is 2.41. The largest absolute Gasteiger partial charge is 0.494 e. The number of nitriles is 1. The highest BCUT2D eigenvalue weighted by Gasteiger charge is 2.01. The molecule has 0 fully saturated rings. The van der Waals surface area contributed by atoms with Crippen molar-refractivity contribution in [3.05, 3.63) is 28.2 Å². The van der Waals surface area contributed by atoms with E-state index in [0.29, 0.717) is 6.61 Å². The fraction of sp³-hybridized carbons (Fsp3) is 0.462. The van der Waals surface area contributed by atoms with Crippen molar-refractivity contribution in [3.8, 4) is 11.8 Å². The molecule has 0 aromatic heterocycles. The molecule has 1 rings (SSSR count). The average Bonchev–Trinajstić information content (AvgIpc) is 2.28. The van der Waals surface area contributed by atoms with Gasteiger partial charge in [-0.2, -0.15) is 5.26 Å². The zero-order valence-corrected chi connectivity index (χ0v) is 11.3. The summed E-state index contributed by atoms with van der Waals surface area (Å²) in [5, 5.41) is 8.62. The Kier molecular flexibility index (Phi) is 5.34. The second kappa shape index (κ2) is 6.55. The fourth-order valence-electron chi connectivity index (χ4n) is 1.31. The first-order valence-electron chi connectivity index (χ1n) is 5.42. The SMILES string of the molecule is Cc1ccc(OCCCC(C)C#N)cc1Br. The molecule has 0 N–H and O–H groups in total. The van der Waals surface area contributed by atoms with Crippen LogP contribution in [0, 0.1) is 24.2 Å². The minimum Gasteiger partial charge on any atom is -0.494 e. The number of ether oxygens (including phenoxy) is 1. The predicted molar refractivity (Wildman–Crippen MR) is 68.4 cm³/mol. The minimum absolute atomic E-state index is 0.119. The van der Waals surface area contributed by atoms with Gasteiger partial charge in [0.25, 0.3) is 0 Å². The standard InChI is InChI=1S/C13H16BrNO/c1-10(9-15)4-3-7-16-12-6-5-11(2)13(14)8-12/h5-6,8,10H,3-4,7H2,1-2H3. The van der Waals surface area contributed by atoms with Crippen LogP contribution in [-0.2, 0) is 0 Å². The first-order valence-corrected chi connectivity index (χ1v) is 6.21. The zero-order chi connectivity index (χ0) is 12.0. The van der Waals surface area contributed by atoms with Crippen molar-refractivity contribution in [2.45, 2.75) is 26.7 Å². The number of aryl methyl sites for hydroxylation is 1. The Balaban J connectivity index is 2.33. The molecule has 16 heavy (non-hydrogen) atoms.